The van der Waals surface area contributed by atoms with E-state index >= 15 is 0 Å². The van der Waals surface area contributed by atoms with Gasteiger partial charge in [0, 0.05) is 76.1 Å². The molecule has 114 heavy (non-hydrogen) atoms. The van der Waals surface area contributed by atoms with Crippen molar-refractivity contribution >= 4 is 24.0 Å². The van der Waals surface area contributed by atoms with E-state index < -0.39 is 0 Å². The van der Waals surface area contributed by atoms with Crippen molar-refractivity contribution in [1.82, 2.24) is 41.2 Å². The fourth-order valence-corrected chi connectivity index (χ4v) is 14.1. The molecule has 5 N–H and O–H groups in total. The van der Waals surface area contributed by atoms with E-state index in [1.54, 1.807) is 30.3 Å². The monoisotopic (exact) mass is 1540 g/mol. The van der Waals surface area contributed by atoms with Gasteiger partial charge in [0.25, 0.3) is 17.7 Å². The number of aldehydes is 1. The molecule has 0 unspecified atom stereocenters. The number of hydrogen-bond donors (Lipinski definition) is 5. The summed E-state index contributed by atoms with van der Waals surface area (Å²) in [6.07, 6.45) is 0.786. The highest BCUT2D eigenvalue weighted by Gasteiger charge is 2.33. The number of ether oxygens (including phenoxy) is 4. The van der Waals surface area contributed by atoms with Gasteiger partial charge < -0.3 is 58.7 Å². The zero-order valence-electron chi connectivity index (χ0n) is 68.0. The van der Waals surface area contributed by atoms with Crippen LogP contribution in [0, 0.1) is 13.8 Å². The topological polar surface area (TPSA) is 266 Å². The Labute approximate surface area is 668 Å². The van der Waals surface area contributed by atoms with E-state index in [9.17, 15) is 29.4 Å². The molecule has 0 radical (unpaired) electrons. The summed E-state index contributed by atoms with van der Waals surface area (Å²) in [5, 5.41) is 42.2. The first kappa shape index (κ1) is 83.4. The number of nitrogens with one attached hydrogen (secondary N) is 3. The van der Waals surface area contributed by atoms with Gasteiger partial charge in [0.15, 0.2) is 34.4 Å². The molecule has 3 aromatic heterocycles. The number of nitrogens with zero attached hydrogens (tertiary/aromatic N) is 5. The maximum absolute atomic E-state index is 13.2. The number of phenolic OH excluding ortho intramolecular Hbond substituents is 2. The minimum atomic E-state index is -0.379. The van der Waals surface area contributed by atoms with Crippen molar-refractivity contribution in [2.75, 3.05) is 72.2 Å². The Morgan fingerprint density at radius 3 is 1.10 bits per heavy atom. The van der Waals surface area contributed by atoms with Crippen LogP contribution in [0.15, 0.2) is 183 Å². The van der Waals surface area contributed by atoms with Crippen LogP contribution in [0.2, 0.25) is 0 Å². The molecule has 13 rings (SSSR count). The number of amides is 3. The lowest BCUT2D eigenvalue weighted by Gasteiger charge is -2.26. The summed E-state index contributed by atoms with van der Waals surface area (Å²) < 4.78 is 41.3. The molecule has 11 aromatic rings. The Balaban J connectivity index is 0.000000169. The maximum atomic E-state index is 13.2. The Morgan fingerprint density at radius 1 is 0.430 bits per heavy atom. The standard InChI is InChI=1S/C35H41N3O4.C31H32N2O4.C27H33N3O5/c1-6-36-34(39)32-31(27-14-12-25(13-15-27)22-38-16-18-40-19-17-38)33(42-37-32)28-21-29(35(3,4)5)24(2)20-30(28)41-23-26-10-8-7-9-11-26;1-6-32-30(35)28-27(23-14-12-21(18-34)13-15-23)29(37-33-28)24-17-25(31(3,4)5)20(2)16-26(24)36-19-22-10-8-7-9-11-22;1-5-28-26(33)24-23(18-8-6-17(7-9-18)16-30-10-12-34-13-11-30)25(35-29-24)19-14-20(27(2,3)4)22(32)15-21(19)31/h7-15,20-21H,6,16-19,22-23H2,1-5H3,(H,36,39);7-18H,6,19H2,1-5H3,(H,32,35);6-9,14-15,31-32H,5,10-13,16H2,1-4H3,(H,28,33). The van der Waals surface area contributed by atoms with E-state index in [4.69, 9.17) is 32.5 Å². The second kappa shape index (κ2) is 37.4. The van der Waals surface area contributed by atoms with Gasteiger partial charge in [0.05, 0.1) is 59.8 Å². The minimum Gasteiger partial charge on any atom is -0.508 e. The summed E-state index contributed by atoms with van der Waals surface area (Å²) in [5.74, 6) is 1.44. The Bertz CT molecular complexity index is 5090. The third-order valence-corrected chi connectivity index (χ3v) is 20.0. The van der Waals surface area contributed by atoms with E-state index in [0.29, 0.717) is 94.8 Å². The first-order valence-electron chi connectivity index (χ1n) is 39.0. The Kier molecular flexibility index (Phi) is 27.4. The number of morpholine rings is 2. The summed E-state index contributed by atoms with van der Waals surface area (Å²) in [6.45, 7) is 39.2. The van der Waals surface area contributed by atoms with Crippen molar-refractivity contribution in [2.24, 2.45) is 0 Å². The van der Waals surface area contributed by atoms with E-state index in [-0.39, 0.29) is 68.3 Å². The minimum absolute atomic E-state index is 0.00349. The fourth-order valence-electron chi connectivity index (χ4n) is 14.1. The molecule has 3 amide bonds. The maximum Gasteiger partial charge on any atom is 0.274 e. The van der Waals surface area contributed by atoms with E-state index in [0.717, 1.165) is 128 Å². The number of phenols is 2. The number of aryl methyl sites for hydroxylation is 2. The highest BCUT2D eigenvalue weighted by atomic mass is 16.5. The van der Waals surface area contributed by atoms with Crippen LogP contribution in [-0.2, 0) is 52.0 Å². The number of hydrogen-bond acceptors (Lipinski definition) is 18. The Hall–Kier alpha value is -11.5. The molecule has 8 aromatic carbocycles. The van der Waals surface area contributed by atoms with Crippen molar-refractivity contribution in [3.63, 3.8) is 0 Å². The third kappa shape index (κ3) is 20.5. The van der Waals surface area contributed by atoms with Crippen molar-refractivity contribution < 1.29 is 61.9 Å². The van der Waals surface area contributed by atoms with Crippen LogP contribution in [0.3, 0.4) is 0 Å². The molecule has 0 bridgehead atoms. The second-order valence-electron chi connectivity index (χ2n) is 31.7. The number of carbonyl (C=O) groups excluding carboxylic acids is 4. The van der Waals surface area contributed by atoms with Crippen LogP contribution >= 0.6 is 0 Å². The second-order valence-corrected chi connectivity index (χ2v) is 31.7. The van der Waals surface area contributed by atoms with E-state index in [2.05, 4.69) is 139 Å². The lowest BCUT2D eigenvalue weighted by Crippen LogP contribution is -2.35. The number of benzene rings is 8. The van der Waals surface area contributed by atoms with Crippen molar-refractivity contribution in [3.05, 3.63) is 243 Å². The molecule has 596 valence electrons. The molecule has 0 aliphatic carbocycles. The summed E-state index contributed by atoms with van der Waals surface area (Å²) in [7, 11) is 0. The normalized spacial score (nSPS) is 13.4. The van der Waals surface area contributed by atoms with Gasteiger partial charge in [-0.15, -0.1) is 0 Å². The van der Waals surface area contributed by atoms with Crippen molar-refractivity contribution in [2.45, 2.75) is 139 Å². The van der Waals surface area contributed by atoms with Gasteiger partial charge >= 0.3 is 0 Å². The van der Waals surface area contributed by atoms with E-state index in [1.165, 1.54) is 17.2 Å². The van der Waals surface area contributed by atoms with Crippen molar-refractivity contribution in [1.29, 1.82) is 0 Å². The predicted molar refractivity (Wildman–Crippen MR) is 444 cm³/mol. The number of aromatic nitrogens is 3. The molecule has 2 fully saturated rings. The lowest BCUT2D eigenvalue weighted by molar-refractivity contribution is 0.0341. The largest absolute Gasteiger partial charge is 0.508 e. The molecule has 2 aliphatic rings. The van der Waals surface area contributed by atoms with Crippen LogP contribution in [0.1, 0.15) is 175 Å². The van der Waals surface area contributed by atoms with E-state index in [1.807, 2.05) is 133 Å². The van der Waals surface area contributed by atoms with Gasteiger partial charge in [0.2, 0.25) is 0 Å². The van der Waals surface area contributed by atoms with Gasteiger partial charge in [-0.05, 0) is 142 Å². The summed E-state index contributed by atoms with van der Waals surface area (Å²) in [5.41, 5.74) is 16.0. The zero-order chi connectivity index (χ0) is 81.4. The van der Waals surface area contributed by atoms with Gasteiger partial charge in [0.1, 0.15) is 42.5 Å². The SMILES string of the molecule is CCNC(=O)c1noc(-c2cc(C(C)(C)C)c(C)cc2OCc2ccccc2)c1-c1ccc(C=O)cc1.CCNC(=O)c1noc(-c2cc(C(C)(C)C)c(C)cc2OCc2ccccc2)c1-c1ccc(CN2CCOCC2)cc1.CCNC(=O)c1noc(-c2cc(C(C)(C)C)c(O)cc2O)c1-c1ccc(CN2CCOCC2)cc1. The summed E-state index contributed by atoms with van der Waals surface area (Å²) in [4.78, 5) is 55.0. The van der Waals surface area contributed by atoms with Crippen molar-refractivity contribution in [3.8, 4) is 90.3 Å². The Morgan fingerprint density at radius 2 is 0.763 bits per heavy atom. The average Bonchev–Trinajstić information content (AvgIpc) is 1.51. The van der Waals surface area contributed by atoms with Crippen LogP contribution < -0.4 is 25.4 Å². The molecule has 21 nitrogen and oxygen atoms in total. The van der Waals surface area contributed by atoms with Gasteiger partial charge in [-0.3, -0.25) is 29.0 Å². The predicted octanol–water partition coefficient (Wildman–Crippen LogP) is 17.8. The van der Waals surface area contributed by atoms with Gasteiger partial charge in [-0.25, -0.2) is 0 Å². The first-order valence-corrected chi connectivity index (χ1v) is 39.0. The smallest absolute Gasteiger partial charge is 0.274 e. The average molecular weight is 1540 g/mol. The van der Waals surface area contributed by atoms with Gasteiger partial charge in [-0.2, -0.15) is 0 Å². The highest BCUT2D eigenvalue weighted by molar-refractivity contribution is 6.05. The quantitative estimate of drug-likeness (QED) is 0.0373. The van der Waals surface area contributed by atoms with Crippen LogP contribution in [-0.4, -0.2) is 132 Å². The molecule has 21 heteroatoms. The van der Waals surface area contributed by atoms with Crippen LogP contribution in [0.4, 0.5) is 0 Å². The van der Waals surface area contributed by atoms with Crippen LogP contribution in [0.25, 0.3) is 67.4 Å². The molecular formula is C93H106N8O13. The van der Waals surface area contributed by atoms with Crippen LogP contribution in [0.5, 0.6) is 23.0 Å². The summed E-state index contributed by atoms with van der Waals surface area (Å²) >= 11 is 0. The molecule has 2 aliphatic heterocycles. The molecular weight excluding hydrogens is 1440 g/mol. The lowest BCUT2D eigenvalue weighted by atomic mass is 9.82. The first-order chi connectivity index (χ1) is 54.6. The summed E-state index contributed by atoms with van der Waals surface area (Å²) in [6, 6.07) is 54.6. The number of carbonyl (C=O) groups is 4. The molecule has 0 atom stereocenters. The number of aromatic hydroxyl groups is 2. The molecule has 2 saturated heterocycles. The molecule has 5 heterocycles. The zero-order valence-corrected chi connectivity index (χ0v) is 68.0. The number of rotatable bonds is 23. The third-order valence-electron chi connectivity index (χ3n) is 20.0. The highest BCUT2D eigenvalue weighted by Crippen LogP contribution is 2.48. The molecule has 0 saturated carbocycles. The van der Waals surface area contributed by atoms with Gasteiger partial charge in [-0.1, -0.05) is 211 Å². The molecule has 0 spiro atoms. The fraction of sp³-hybridized carbons (Fsp3) is 0.344.